The van der Waals surface area contributed by atoms with E-state index in [1.165, 1.54) is 11.6 Å². The lowest BCUT2D eigenvalue weighted by Crippen LogP contribution is -2.20. The second-order valence-corrected chi connectivity index (χ2v) is 5.32. The molecule has 4 heteroatoms. The summed E-state index contributed by atoms with van der Waals surface area (Å²) in [5.74, 6) is -0.151. The Kier molecular flexibility index (Phi) is 4.43. The summed E-state index contributed by atoms with van der Waals surface area (Å²) >= 11 is 0. The second-order valence-electron chi connectivity index (χ2n) is 5.32. The van der Waals surface area contributed by atoms with Crippen LogP contribution in [0.4, 0.5) is 0 Å². The summed E-state index contributed by atoms with van der Waals surface area (Å²) in [7, 11) is 0. The highest BCUT2D eigenvalue weighted by atomic mass is 16.1. The molecule has 3 aromatic rings. The largest absolute Gasteiger partial charge is 0.348 e. The summed E-state index contributed by atoms with van der Waals surface area (Å²) in [5.41, 5.74) is 4.58. The number of fused-ring (bicyclic) bond motifs is 1. The predicted octanol–water partition coefficient (Wildman–Crippen LogP) is 3.27. The van der Waals surface area contributed by atoms with Gasteiger partial charge in [0.1, 0.15) is 0 Å². The van der Waals surface area contributed by atoms with Crippen molar-refractivity contribution in [2.75, 3.05) is 0 Å². The average molecular weight is 303 g/mol. The Bertz CT molecular complexity index is 871. The SMILES string of the molecule is Cc1cccc(CNC(=O)/C=C/c2cnc3ccccc3n2)c1. The monoisotopic (exact) mass is 303 g/mol. The van der Waals surface area contributed by atoms with E-state index in [1.54, 1.807) is 12.3 Å². The molecule has 114 valence electrons. The van der Waals surface area contributed by atoms with Crippen LogP contribution < -0.4 is 5.32 Å². The molecule has 23 heavy (non-hydrogen) atoms. The van der Waals surface area contributed by atoms with E-state index in [1.807, 2.05) is 49.4 Å². The Labute approximate surface area is 134 Å². The second kappa shape index (κ2) is 6.83. The van der Waals surface area contributed by atoms with Crippen LogP contribution in [0.3, 0.4) is 0 Å². The van der Waals surface area contributed by atoms with Crippen LogP contribution in [0.2, 0.25) is 0 Å². The highest BCUT2D eigenvalue weighted by Crippen LogP contribution is 2.09. The number of aryl methyl sites for hydroxylation is 1. The van der Waals surface area contributed by atoms with Crippen LogP contribution in [0.15, 0.2) is 60.8 Å². The van der Waals surface area contributed by atoms with Crippen molar-refractivity contribution in [3.63, 3.8) is 0 Å². The molecule has 0 saturated carbocycles. The molecule has 0 fully saturated rings. The normalized spacial score (nSPS) is 11.0. The number of carbonyl (C=O) groups is 1. The van der Waals surface area contributed by atoms with E-state index in [-0.39, 0.29) is 5.91 Å². The maximum atomic E-state index is 11.9. The summed E-state index contributed by atoms with van der Waals surface area (Å²) in [6, 6.07) is 15.7. The van der Waals surface area contributed by atoms with Crippen molar-refractivity contribution in [1.82, 2.24) is 15.3 Å². The van der Waals surface area contributed by atoms with Gasteiger partial charge >= 0.3 is 0 Å². The van der Waals surface area contributed by atoms with Crippen LogP contribution in [-0.4, -0.2) is 15.9 Å². The molecule has 4 nitrogen and oxygen atoms in total. The van der Waals surface area contributed by atoms with Gasteiger partial charge in [-0.05, 0) is 30.7 Å². The quantitative estimate of drug-likeness (QED) is 0.753. The molecule has 1 amide bonds. The van der Waals surface area contributed by atoms with Crippen LogP contribution in [0.1, 0.15) is 16.8 Å². The molecule has 0 atom stereocenters. The minimum Gasteiger partial charge on any atom is -0.348 e. The number of hydrogen-bond acceptors (Lipinski definition) is 3. The molecular weight excluding hydrogens is 286 g/mol. The van der Waals surface area contributed by atoms with Gasteiger partial charge in [-0.2, -0.15) is 0 Å². The van der Waals surface area contributed by atoms with E-state index < -0.39 is 0 Å². The van der Waals surface area contributed by atoms with E-state index in [4.69, 9.17) is 0 Å². The summed E-state index contributed by atoms with van der Waals surface area (Å²) in [6.07, 6.45) is 4.81. The van der Waals surface area contributed by atoms with Crippen LogP contribution in [0.5, 0.6) is 0 Å². The number of carbonyl (C=O) groups excluding carboxylic acids is 1. The maximum absolute atomic E-state index is 11.9. The minimum atomic E-state index is -0.151. The molecule has 0 aliphatic rings. The van der Waals surface area contributed by atoms with Gasteiger partial charge in [0.2, 0.25) is 5.91 Å². The number of nitrogens with one attached hydrogen (secondary N) is 1. The lowest BCUT2D eigenvalue weighted by Gasteiger charge is -2.03. The Morgan fingerprint density at radius 3 is 2.78 bits per heavy atom. The summed E-state index contributed by atoms with van der Waals surface area (Å²) in [4.78, 5) is 20.7. The Balaban J connectivity index is 1.63. The van der Waals surface area contributed by atoms with Crippen molar-refractivity contribution in [1.29, 1.82) is 0 Å². The molecule has 1 heterocycles. The fraction of sp³-hybridized carbons (Fsp3) is 0.105. The van der Waals surface area contributed by atoms with E-state index in [0.717, 1.165) is 16.6 Å². The maximum Gasteiger partial charge on any atom is 0.244 e. The lowest BCUT2D eigenvalue weighted by atomic mass is 10.1. The van der Waals surface area contributed by atoms with E-state index >= 15 is 0 Å². The third kappa shape index (κ3) is 4.01. The number of amides is 1. The summed E-state index contributed by atoms with van der Waals surface area (Å²) in [6.45, 7) is 2.54. The molecule has 0 aliphatic carbocycles. The van der Waals surface area contributed by atoms with E-state index in [2.05, 4.69) is 21.4 Å². The van der Waals surface area contributed by atoms with Gasteiger partial charge in [-0.1, -0.05) is 42.0 Å². The number of para-hydroxylation sites is 2. The van der Waals surface area contributed by atoms with E-state index in [0.29, 0.717) is 12.2 Å². The van der Waals surface area contributed by atoms with Crippen molar-refractivity contribution in [3.05, 3.63) is 77.6 Å². The molecule has 1 aromatic heterocycles. The van der Waals surface area contributed by atoms with Gasteiger partial charge in [-0.3, -0.25) is 9.78 Å². The van der Waals surface area contributed by atoms with Gasteiger partial charge in [0.05, 0.1) is 22.9 Å². The number of rotatable bonds is 4. The van der Waals surface area contributed by atoms with Gasteiger partial charge in [0.25, 0.3) is 0 Å². The topological polar surface area (TPSA) is 54.9 Å². The van der Waals surface area contributed by atoms with Gasteiger partial charge < -0.3 is 5.32 Å². The molecule has 2 aromatic carbocycles. The molecule has 0 radical (unpaired) electrons. The number of benzene rings is 2. The van der Waals surface area contributed by atoms with Crippen molar-refractivity contribution >= 4 is 23.0 Å². The Morgan fingerprint density at radius 2 is 1.96 bits per heavy atom. The predicted molar refractivity (Wildman–Crippen MR) is 91.6 cm³/mol. The summed E-state index contributed by atoms with van der Waals surface area (Å²) in [5, 5.41) is 2.86. The van der Waals surface area contributed by atoms with Gasteiger partial charge in [-0.15, -0.1) is 0 Å². The zero-order chi connectivity index (χ0) is 16.1. The molecule has 0 bridgehead atoms. The first-order valence-corrected chi connectivity index (χ1v) is 7.44. The van der Waals surface area contributed by atoms with Crippen LogP contribution >= 0.6 is 0 Å². The molecule has 1 N–H and O–H groups in total. The van der Waals surface area contributed by atoms with Gasteiger partial charge in [0.15, 0.2) is 0 Å². The molecule has 0 spiro atoms. The van der Waals surface area contributed by atoms with Crippen molar-refractivity contribution in [3.8, 4) is 0 Å². The van der Waals surface area contributed by atoms with Crippen LogP contribution in [-0.2, 0) is 11.3 Å². The lowest BCUT2D eigenvalue weighted by molar-refractivity contribution is -0.116. The highest BCUT2D eigenvalue weighted by molar-refractivity contribution is 5.91. The minimum absolute atomic E-state index is 0.151. The smallest absolute Gasteiger partial charge is 0.244 e. The highest BCUT2D eigenvalue weighted by Gasteiger charge is 1.99. The fourth-order valence-corrected chi connectivity index (χ4v) is 2.28. The van der Waals surface area contributed by atoms with Crippen molar-refractivity contribution in [2.24, 2.45) is 0 Å². The number of nitrogens with zero attached hydrogens (tertiary/aromatic N) is 2. The molecule has 3 rings (SSSR count). The van der Waals surface area contributed by atoms with E-state index in [9.17, 15) is 4.79 Å². The third-order valence-electron chi connectivity index (χ3n) is 3.42. The Hall–Kier alpha value is -3.01. The summed E-state index contributed by atoms with van der Waals surface area (Å²) < 4.78 is 0. The van der Waals surface area contributed by atoms with Gasteiger partial charge in [0, 0.05) is 12.6 Å². The number of hydrogen-bond donors (Lipinski definition) is 1. The first-order chi connectivity index (χ1) is 11.2. The molecule has 0 saturated heterocycles. The van der Waals surface area contributed by atoms with Crippen molar-refractivity contribution < 1.29 is 4.79 Å². The fourth-order valence-electron chi connectivity index (χ4n) is 2.28. The molecule has 0 unspecified atom stereocenters. The molecular formula is C19H17N3O. The van der Waals surface area contributed by atoms with Gasteiger partial charge in [-0.25, -0.2) is 4.98 Å². The zero-order valence-electron chi connectivity index (χ0n) is 12.9. The number of aromatic nitrogens is 2. The Morgan fingerprint density at radius 1 is 1.13 bits per heavy atom. The zero-order valence-corrected chi connectivity index (χ0v) is 12.9. The first kappa shape index (κ1) is 14.9. The van der Waals surface area contributed by atoms with Crippen LogP contribution in [0.25, 0.3) is 17.1 Å². The van der Waals surface area contributed by atoms with Crippen molar-refractivity contribution in [2.45, 2.75) is 13.5 Å². The third-order valence-corrected chi connectivity index (χ3v) is 3.42. The average Bonchev–Trinajstić information content (AvgIpc) is 2.58. The van der Waals surface area contributed by atoms with Crippen LogP contribution in [0, 0.1) is 6.92 Å². The first-order valence-electron chi connectivity index (χ1n) is 7.44. The standard InChI is InChI=1S/C19H17N3O/c1-14-5-4-6-15(11-14)12-21-19(23)10-9-16-13-20-17-7-2-3-8-18(17)22-16/h2-11,13H,12H2,1H3,(H,21,23)/b10-9+. The molecule has 0 aliphatic heterocycles.